The standard InChI is InChI=1S/C16H12O4/c17-13-8-6-12(7-9-13)15(18)10-11-16(19)20-14-4-2-1-3-5-14/h1-11,17H/b11-10-. The molecule has 0 saturated heterocycles. The fraction of sp³-hybridized carbons (Fsp3) is 0. The molecule has 0 amide bonds. The molecule has 0 radical (unpaired) electrons. The lowest BCUT2D eigenvalue weighted by molar-refractivity contribution is -0.129. The third-order valence-electron chi connectivity index (χ3n) is 2.48. The highest BCUT2D eigenvalue weighted by molar-refractivity contribution is 6.07. The van der Waals surface area contributed by atoms with E-state index in [4.69, 9.17) is 9.84 Å². The van der Waals surface area contributed by atoms with Gasteiger partial charge < -0.3 is 9.84 Å². The van der Waals surface area contributed by atoms with Crippen molar-refractivity contribution in [3.8, 4) is 11.5 Å². The molecular weight excluding hydrogens is 256 g/mol. The molecule has 2 rings (SSSR count). The Kier molecular flexibility index (Phi) is 4.29. The van der Waals surface area contributed by atoms with Crippen molar-refractivity contribution < 1.29 is 19.4 Å². The van der Waals surface area contributed by atoms with E-state index in [0.717, 1.165) is 12.2 Å². The first kappa shape index (κ1) is 13.5. The predicted octanol–water partition coefficient (Wildman–Crippen LogP) is 2.74. The van der Waals surface area contributed by atoms with Gasteiger partial charge in [0.2, 0.25) is 0 Å². The van der Waals surface area contributed by atoms with Crippen molar-refractivity contribution in [3.63, 3.8) is 0 Å². The SMILES string of the molecule is O=C(/C=C\C(=O)c1ccc(O)cc1)Oc1ccccc1. The van der Waals surface area contributed by atoms with Crippen LogP contribution in [-0.4, -0.2) is 16.9 Å². The Morgan fingerprint density at radius 1 is 0.900 bits per heavy atom. The zero-order valence-electron chi connectivity index (χ0n) is 10.5. The number of ketones is 1. The Balaban J connectivity index is 1.97. The molecule has 0 atom stereocenters. The van der Waals surface area contributed by atoms with E-state index < -0.39 is 5.97 Å². The van der Waals surface area contributed by atoms with Gasteiger partial charge in [-0.2, -0.15) is 0 Å². The van der Waals surface area contributed by atoms with E-state index in [1.54, 1.807) is 24.3 Å². The number of esters is 1. The average molecular weight is 268 g/mol. The average Bonchev–Trinajstić information content (AvgIpc) is 2.46. The Bertz CT molecular complexity index is 627. The molecule has 20 heavy (non-hydrogen) atoms. The number of carbonyl (C=O) groups is 2. The van der Waals surface area contributed by atoms with E-state index in [-0.39, 0.29) is 11.5 Å². The van der Waals surface area contributed by atoms with Gasteiger partial charge >= 0.3 is 5.97 Å². The highest BCUT2D eigenvalue weighted by Crippen LogP contribution is 2.11. The normalized spacial score (nSPS) is 10.4. The van der Waals surface area contributed by atoms with Crippen LogP contribution in [0.5, 0.6) is 11.5 Å². The van der Waals surface area contributed by atoms with Gasteiger partial charge in [-0.1, -0.05) is 18.2 Å². The zero-order chi connectivity index (χ0) is 14.4. The topological polar surface area (TPSA) is 63.6 Å². The first-order chi connectivity index (χ1) is 9.65. The molecule has 2 aromatic rings. The molecule has 100 valence electrons. The zero-order valence-corrected chi connectivity index (χ0v) is 10.5. The number of aromatic hydroxyl groups is 1. The van der Waals surface area contributed by atoms with Gasteiger partial charge in [-0.05, 0) is 42.5 Å². The molecule has 0 aliphatic heterocycles. The molecule has 4 heteroatoms. The van der Waals surface area contributed by atoms with Gasteiger partial charge in [-0.3, -0.25) is 4.79 Å². The summed E-state index contributed by atoms with van der Waals surface area (Å²) in [5.41, 5.74) is 0.381. The summed E-state index contributed by atoms with van der Waals surface area (Å²) >= 11 is 0. The molecule has 2 aromatic carbocycles. The molecule has 4 nitrogen and oxygen atoms in total. The van der Waals surface area contributed by atoms with E-state index in [9.17, 15) is 9.59 Å². The molecule has 0 bridgehead atoms. The Morgan fingerprint density at radius 3 is 2.20 bits per heavy atom. The number of benzene rings is 2. The quantitative estimate of drug-likeness (QED) is 0.401. The van der Waals surface area contributed by atoms with Crippen molar-refractivity contribution in [2.45, 2.75) is 0 Å². The summed E-state index contributed by atoms with van der Waals surface area (Å²) in [6, 6.07) is 14.4. The molecule has 0 unspecified atom stereocenters. The second kappa shape index (κ2) is 6.33. The second-order valence-corrected chi connectivity index (χ2v) is 3.98. The predicted molar refractivity (Wildman–Crippen MR) is 73.7 cm³/mol. The second-order valence-electron chi connectivity index (χ2n) is 3.98. The van der Waals surface area contributed by atoms with Crippen molar-refractivity contribution in [1.82, 2.24) is 0 Å². The number of hydrogen-bond acceptors (Lipinski definition) is 4. The molecular formula is C16H12O4. The number of phenolic OH excluding ortho intramolecular Hbond substituents is 1. The Morgan fingerprint density at radius 2 is 1.55 bits per heavy atom. The van der Waals surface area contributed by atoms with Crippen LogP contribution < -0.4 is 4.74 Å². The molecule has 0 aliphatic rings. The highest BCUT2D eigenvalue weighted by atomic mass is 16.5. The summed E-state index contributed by atoms with van der Waals surface area (Å²) < 4.78 is 5.00. The van der Waals surface area contributed by atoms with Crippen LogP contribution in [0.1, 0.15) is 10.4 Å². The molecule has 0 spiro atoms. The minimum atomic E-state index is -0.622. The van der Waals surface area contributed by atoms with Gasteiger partial charge in [0.1, 0.15) is 11.5 Å². The van der Waals surface area contributed by atoms with Gasteiger partial charge in [0.05, 0.1) is 0 Å². The molecule has 0 aliphatic carbocycles. The summed E-state index contributed by atoms with van der Waals surface area (Å²) in [6.45, 7) is 0. The third kappa shape index (κ3) is 3.81. The van der Waals surface area contributed by atoms with Crippen molar-refractivity contribution in [2.75, 3.05) is 0 Å². The fourth-order valence-corrected chi connectivity index (χ4v) is 1.50. The monoisotopic (exact) mass is 268 g/mol. The summed E-state index contributed by atoms with van der Waals surface area (Å²) in [5.74, 6) is -0.466. The van der Waals surface area contributed by atoms with Gasteiger partial charge in [0.25, 0.3) is 0 Å². The maximum absolute atomic E-state index is 11.7. The first-order valence-corrected chi connectivity index (χ1v) is 5.93. The van der Waals surface area contributed by atoms with E-state index in [1.807, 2.05) is 6.07 Å². The van der Waals surface area contributed by atoms with E-state index in [0.29, 0.717) is 11.3 Å². The van der Waals surface area contributed by atoms with Crippen LogP contribution in [0.2, 0.25) is 0 Å². The van der Waals surface area contributed by atoms with Crippen molar-refractivity contribution in [2.24, 2.45) is 0 Å². The van der Waals surface area contributed by atoms with Crippen molar-refractivity contribution in [3.05, 3.63) is 72.3 Å². The lowest BCUT2D eigenvalue weighted by Gasteiger charge is -1.99. The van der Waals surface area contributed by atoms with Crippen LogP contribution in [-0.2, 0) is 4.79 Å². The molecule has 0 saturated carbocycles. The highest BCUT2D eigenvalue weighted by Gasteiger charge is 2.04. The number of para-hydroxylation sites is 1. The van der Waals surface area contributed by atoms with E-state index in [2.05, 4.69) is 0 Å². The number of allylic oxidation sites excluding steroid dienone is 1. The summed E-state index contributed by atoms with van der Waals surface area (Å²) in [6.07, 6.45) is 2.21. The van der Waals surface area contributed by atoms with Crippen LogP contribution in [0.15, 0.2) is 66.7 Å². The van der Waals surface area contributed by atoms with Crippen LogP contribution in [0.25, 0.3) is 0 Å². The van der Waals surface area contributed by atoms with Crippen molar-refractivity contribution in [1.29, 1.82) is 0 Å². The van der Waals surface area contributed by atoms with E-state index >= 15 is 0 Å². The Labute approximate surface area is 115 Å². The van der Waals surface area contributed by atoms with Crippen LogP contribution in [0.4, 0.5) is 0 Å². The first-order valence-electron chi connectivity index (χ1n) is 5.93. The van der Waals surface area contributed by atoms with Gasteiger partial charge in [0, 0.05) is 11.6 Å². The number of rotatable bonds is 4. The molecule has 0 heterocycles. The van der Waals surface area contributed by atoms with Crippen LogP contribution >= 0.6 is 0 Å². The number of ether oxygens (including phenoxy) is 1. The van der Waals surface area contributed by atoms with Crippen molar-refractivity contribution >= 4 is 11.8 Å². The number of carbonyl (C=O) groups excluding carboxylic acids is 2. The fourth-order valence-electron chi connectivity index (χ4n) is 1.50. The number of hydrogen-bond donors (Lipinski definition) is 1. The third-order valence-corrected chi connectivity index (χ3v) is 2.48. The molecule has 0 fully saturated rings. The van der Waals surface area contributed by atoms with Crippen LogP contribution in [0.3, 0.4) is 0 Å². The van der Waals surface area contributed by atoms with Crippen LogP contribution in [0, 0.1) is 0 Å². The van der Waals surface area contributed by atoms with Gasteiger partial charge in [0.15, 0.2) is 5.78 Å². The summed E-state index contributed by atoms with van der Waals surface area (Å²) in [4.78, 5) is 23.2. The summed E-state index contributed by atoms with van der Waals surface area (Å²) in [5, 5.41) is 9.12. The number of phenols is 1. The lowest BCUT2D eigenvalue weighted by Crippen LogP contribution is -2.05. The maximum Gasteiger partial charge on any atom is 0.336 e. The van der Waals surface area contributed by atoms with Gasteiger partial charge in [-0.25, -0.2) is 4.79 Å². The molecule has 1 N–H and O–H groups in total. The largest absolute Gasteiger partial charge is 0.508 e. The Hall–Kier alpha value is -2.88. The van der Waals surface area contributed by atoms with E-state index in [1.165, 1.54) is 24.3 Å². The van der Waals surface area contributed by atoms with Gasteiger partial charge in [-0.15, -0.1) is 0 Å². The summed E-state index contributed by atoms with van der Waals surface area (Å²) in [7, 11) is 0. The lowest BCUT2D eigenvalue weighted by atomic mass is 10.1. The smallest absolute Gasteiger partial charge is 0.336 e. The molecule has 0 aromatic heterocycles. The minimum absolute atomic E-state index is 0.0778. The maximum atomic E-state index is 11.7. The minimum Gasteiger partial charge on any atom is -0.508 e.